The predicted molar refractivity (Wildman–Crippen MR) is 126 cm³/mol. The summed E-state index contributed by atoms with van der Waals surface area (Å²) in [5.74, 6) is -0.214. The van der Waals surface area contributed by atoms with Crippen molar-refractivity contribution in [2.75, 3.05) is 13.1 Å². The van der Waals surface area contributed by atoms with Crippen molar-refractivity contribution in [2.24, 2.45) is 11.1 Å². The largest absolute Gasteiger partial charge is 0.445 e. The molecule has 0 aromatic heterocycles. The van der Waals surface area contributed by atoms with Crippen molar-refractivity contribution in [3.63, 3.8) is 0 Å². The van der Waals surface area contributed by atoms with Gasteiger partial charge in [-0.15, -0.1) is 0 Å². The molecule has 2 amide bonds. The summed E-state index contributed by atoms with van der Waals surface area (Å²) in [6.07, 6.45) is 0.0740. The van der Waals surface area contributed by atoms with E-state index in [-0.39, 0.29) is 30.2 Å². The van der Waals surface area contributed by atoms with Crippen molar-refractivity contribution >= 4 is 38.2 Å². The van der Waals surface area contributed by atoms with Gasteiger partial charge in [0.05, 0.1) is 17.4 Å². The van der Waals surface area contributed by atoms with E-state index in [1.54, 1.807) is 4.90 Å². The van der Waals surface area contributed by atoms with Crippen LogP contribution in [0.2, 0.25) is 0 Å². The molecule has 1 saturated heterocycles. The quantitative estimate of drug-likeness (QED) is 0.412. The van der Waals surface area contributed by atoms with Crippen LogP contribution >= 0.6 is 15.9 Å². The summed E-state index contributed by atoms with van der Waals surface area (Å²) >= 11 is 3.38. The number of hydrogen-bond acceptors (Lipinski definition) is 7. The Morgan fingerprint density at radius 3 is 2.59 bits per heavy atom. The van der Waals surface area contributed by atoms with E-state index < -0.39 is 17.1 Å². The second kappa shape index (κ2) is 10.6. The molecule has 10 nitrogen and oxygen atoms in total. The van der Waals surface area contributed by atoms with Gasteiger partial charge in [0, 0.05) is 18.7 Å². The van der Waals surface area contributed by atoms with Gasteiger partial charge in [0.1, 0.15) is 17.3 Å². The van der Waals surface area contributed by atoms with Gasteiger partial charge in [0.25, 0.3) is 5.69 Å². The minimum Gasteiger partial charge on any atom is -0.445 e. The van der Waals surface area contributed by atoms with Gasteiger partial charge in [0.15, 0.2) is 6.10 Å². The summed E-state index contributed by atoms with van der Waals surface area (Å²) in [7, 11) is 0. The minimum atomic E-state index is -0.779. The van der Waals surface area contributed by atoms with E-state index in [9.17, 15) is 19.7 Å². The van der Waals surface area contributed by atoms with E-state index in [4.69, 9.17) is 9.57 Å². The second-order valence-electron chi connectivity index (χ2n) is 8.13. The molecule has 0 unspecified atom stereocenters. The number of rotatable bonds is 8. The Morgan fingerprint density at radius 2 is 1.91 bits per heavy atom. The molecule has 0 aliphatic carbocycles. The third kappa shape index (κ3) is 5.71. The molecule has 3 atom stereocenters. The highest BCUT2D eigenvalue weighted by molar-refractivity contribution is 9.18. The number of nitro groups is 1. The highest BCUT2D eigenvalue weighted by atomic mass is 79.9. The molecule has 0 saturated carbocycles. The SMILES string of the molecule is O=C(N[C@@H](CCc1ccccc1)C(=O)N1C[C@@H]2C(Br)=NO[C@@H]2C1)OCc1ccc([N+](=O)[O-])cc1. The molecule has 2 heterocycles. The number of likely N-dealkylation sites (tertiary alicyclic amines) is 1. The molecular formula is C23H23BrN4O6. The number of fused-ring (bicyclic) bond motifs is 1. The molecular weight excluding hydrogens is 508 g/mol. The fraction of sp³-hybridized carbons (Fsp3) is 0.348. The lowest BCUT2D eigenvalue weighted by Gasteiger charge is -2.24. The Labute approximate surface area is 204 Å². The van der Waals surface area contributed by atoms with E-state index >= 15 is 0 Å². The predicted octanol–water partition coefficient (Wildman–Crippen LogP) is 3.39. The number of nitrogens with zero attached hydrogens (tertiary/aromatic N) is 3. The third-order valence-corrected chi connectivity index (χ3v) is 6.56. The number of carbonyl (C=O) groups is 2. The van der Waals surface area contributed by atoms with Crippen molar-refractivity contribution in [3.8, 4) is 0 Å². The molecule has 2 aromatic rings. The lowest BCUT2D eigenvalue weighted by molar-refractivity contribution is -0.384. The molecule has 1 fully saturated rings. The number of aryl methyl sites for hydroxylation is 1. The number of nitro benzene ring substituents is 1. The molecule has 4 rings (SSSR count). The lowest BCUT2D eigenvalue weighted by Crippen LogP contribution is -2.48. The fourth-order valence-corrected chi connectivity index (χ4v) is 4.48. The van der Waals surface area contributed by atoms with Crippen LogP contribution in [-0.2, 0) is 27.4 Å². The van der Waals surface area contributed by atoms with Crippen molar-refractivity contribution in [1.82, 2.24) is 10.2 Å². The average molecular weight is 531 g/mol. The van der Waals surface area contributed by atoms with Crippen LogP contribution in [0.1, 0.15) is 17.5 Å². The van der Waals surface area contributed by atoms with E-state index in [1.807, 2.05) is 30.3 Å². The number of benzene rings is 2. The number of oxime groups is 1. The Hall–Kier alpha value is -3.47. The molecule has 2 aromatic carbocycles. The number of ether oxygens (including phenoxy) is 1. The Morgan fingerprint density at radius 1 is 1.18 bits per heavy atom. The lowest BCUT2D eigenvalue weighted by atomic mass is 10.0. The van der Waals surface area contributed by atoms with E-state index in [0.717, 1.165) is 5.56 Å². The van der Waals surface area contributed by atoms with E-state index in [0.29, 0.717) is 36.1 Å². The molecule has 1 N–H and O–H groups in total. The summed E-state index contributed by atoms with van der Waals surface area (Å²) in [6.45, 7) is 0.771. The van der Waals surface area contributed by atoms with Crippen LogP contribution in [0.25, 0.3) is 0 Å². The van der Waals surface area contributed by atoms with Crippen LogP contribution < -0.4 is 5.32 Å². The topological polar surface area (TPSA) is 123 Å². The number of carbonyl (C=O) groups excluding carboxylic acids is 2. The van der Waals surface area contributed by atoms with Gasteiger partial charge in [0.2, 0.25) is 5.91 Å². The molecule has 178 valence electrons. The third-order valence-electron chi connectivity index (χ3n) is 5.83. The Bertz CT molecular complexity index is 1080. The Kier molecular flexibility index (Phi) is 7.41. The summed E-state index contributed by atoms with van der Waals surface area (Å²) < 4.78 is 5.96. The number of nitrogens with one attached hydrogen (secondary N) is 1. The zero-order valence-corrected chi connectivity index (χ0v) is 19.7. The maximum Gasteiger partial charge on any atom is 0.408 e. The Balaban J connectivity index is 1.37. The summed E-state index contributed by atoms with van der Waals surface area (Å²) in [5.41, 5.74) is 1.61. The highest BCUT2D eigenvalue weighted by Gasteiger charge is 2.44. The van der Waals surface area contributed by atoms with Crippen LogP contribution in [0.3, 0.4) is 0 Å². The first kappa shape index (κ1) is 23.7. The average Bonchev–Trinajstić information content (AvgIpc) is 3.43. The first-order valence-corrected chi connectivity index (χ1v) is 11.6. The molecule has 11 heteroatoms. The number of non-ortho nitro benzene ring substituents is 1. The molecule has 0 spiro atoms. The fourth-order valence-electron chi connectivity index (χ4n) is 3.96. The normalized spacial score (nSPS) is 19.6. The van der Waals surface area contributed by atoms with E-state index in [1.165, 1.54) is 24.3 Å². The van der Waals surface area contributed by atoms with Crippen LogP contribution in [0.15, 0.2) is 59.8 Å². The number of amides is 2. The highest BCUT2D eigenvalue weighted by Crippen LogP contribution is 2.30. The van der Waals surface area contributed by atoms with Crippen molar-refractivity contribution < 1.29 is 24.1 Å². The minimum absolute atomic E-state index is 0.00666. The van der Waals surface area contributed by atoms with Crippen molar-refractivity contribution in [1.29, 1.82) is 0 Å². The summed E-state index contributed by atoms with van der Waals surface area (Å²) in [4.78, 5) is 43.1. The van der Waals surface area contributed by atoms with Crippen molar-refractivity contribution in [3.05, 3.63) is 75.8 Å². The maximum atomic E-state index is 13.3. The molecule has 0 bridgehead atoms. The van der Waals surface area contributed by atoms with Crippen LogP contribution in [-0.4, -0.2) is 51.7 Å². The van der Waals surface area contributed by atoms with Gasteiger partial charge < -0.3 is 19.8 Å². The summed E-state index contributed by atoms with van der Waals surface area (Å²) in [5, 5.41) is 17.4. The van der Waals surface area contributed by atoms with Crippen LogP contribution in [0.5, 0.6) is 0 Å². The summed E-state index contributed by atoms with van der Waals surface area (Å²) in [6, 6.07) is 14.7. The second-order valence-corrected chi connectivity index (χ2v) is 8.94. The standard InChI is InChI=1S/C23H23BrN4O6/c24-21-18-12-27(13-20(18)34-26-21)22(29)19(11-8-15-4-2-1-3-5-15)25-23(30)33-14-16-6-9-17(10-7-16)28(31)32/h1-7,9-10,18-20H,8,11-14H2,(H,25,30)/t18-,19-,20+/m0/s1. The van der Waals surface area contributed by atoms with E-state index in [2.05, 4.69) is 26.4 Å². The van der Waals surface area contributed by atoms with Gasteiger partial charge in [-0.3, -0.25) is 14.9 Å². The molecule has 2 aliphatic rings. The van der Waals surface area contributed by atoms with Gasteiger partial charge in [-0.1, -0.05) is 35.5 Å². The van der Waals surface area contributed by atoms with Crippen molar-refractivity contribution in [2.45, 2.75) is 31.6 Å². The number of alkyl carbamates (subject to hydrolysis) is 1. The van der Waals surface area contributed by atoms with Gasteiger partial charge in [-0.2, -0.15) is 0 Å². The molecule has 2 aliphatic heterocycles. The maximum absolute atomic E-state index is 13.3. The zero-order valence-electron chi connectivity index (χ0n) is 18.1. The number of hydrogen-bond donors (Lipinski definition) is 1. The first-order chi connectivity index (χ1) is 16.4. The zero-order chi connectivity index (χ0) is 24.1. The van der Waals surface area contributed by atoms with Gasteiger partial charge >= 0.3 is 6.09 Å². The van der Waals surface area contributed by atoms with Crippen LogP contribution in [0.4, 0.5) is 10.5 Å². The molecule has 0 radical (unpaired) electrons. The molecule has 34 heavy (non-hydrogen) atoms. The van der Waals surface area contributed by atoms with Crippen LogP contribution in [0, 0.1) is 16.0 Å². The monoisotopic (exact) mass is 530 g/mol. The smallest absolute Gasteiger partial charge is 0.408 e. The number of halogens is 1. The first-order valence-electron chi connectivity index (χ1n) is 10.8. The van der Waals surface area contributed by atoms with Gasteiger partial charge in [-0.05, 0) is 52.0 Å². The van der Waals surface area contributed by atoms with Gasteiger partial charge in [-0.25, -0.2) is 4.79 Å².